The zero-order valence-electron chi connectivity index (χ0n) is 10.3. The van der Waals surface area contributed by atoms with E-state index in [0.29, 0.717) is 11.8 Å². The van der Waals surface area contributed by atoms with Crippen molar-refractivity contribution in [3.63, 3.8) is 0 Å². The van der Waals surface area contributed by atoms with Crippen molar-refractivity contribution < 1.29 is 9.63 Å². The number of hydrogen-bond acceptors (Lipinski definition) is 3. The molecule has 2 aliphatic rings. The van der Waals surface area contributed by atoms with Crippen molar-refractivity contribution in [2.45, 2.75) is 69.8 Å². The highest BCUT2D eigenvalue weighted by Crippen LogP contribution is 2.41. The van der Waals surface area contributed by atoms with Crippen LogP contribution in [0.2, 0.25) is 0 Å². The summed E-state index contributed by atoms with van der Waals surface area (Å²) in [5.74, 6) is 2.04. The molecule has 1 heterocycles. The molecule has 3 rings (SSSR count). The molecule has 1 aromatic heterocycles. The van der Waals surface area contributed by atoms with Gasteiger partial charge in [-0.05, 0) is 25.7 Å². The van der Waals surface area contributed by atoms with Crippen LogP contribution in [0.4, 0.5) is 0 Å². The third-order valence-corrected chi connectivity index (χ3v) is 4.47. The average Bonchev–Trinajstić information content (AvgIpc) is 3.09. The van der Waals surface area contributed by atoms with Gasteiger partial charge in [-0.3, -0.25) is 0 Å². The van der Waals surface area contributed by atoms with Gasteiger partial charge in [-0.15, -0.1) is 0 Å². The fourth-order valence-corrected chi connectivity index (χ4v) is 3.52. The predicted octanol–water partition coefficient (Wildman–Crippen LogP) is 3.48. The first-order valence-corrected chi connectivity index (χ1v) is 6.99. The quantitative estimate of drug-likeness (QED) is 0.872. The second-order valence-corrected chi connectivity index (χ2v) is 5.53. The van der Waals surface area contributed by atoms with Gasteiger partial charge in [0.2, 0.25) is 0 Å². The third-order valence-electron chi connectivity index (χ3n) is 4.47. The van der Waals surface area contributed by atoms with Gasteiger partial charge in [0.15, 0.2) is 0 Å². The Hall–Kier alpha value is -0.830. The Morgan fingerprint density at radius 2 is 1.59 bits per heavy atom. The van der Waals surface area contributed by atoms with E-state index in [2.05, 4.69) is 5.16 Å². The number of aliphatic hydroxyl groups is 1. The Morgan fingerprint density at radius 3 is 2.18 bits per heavy atom. The lowest BCUT2D eigenvalue weighted by Gasteiger charge is -2.09. The largest absolute Gasteiger partial charge is 0.391 e. The topological polar surface area (TPSA) is 46.3 Å². The van der Waals surface area contributed by atoms with Crippen LogP contribution >= 0.6 is 0 Å². The predicted molar refractivity (Wildman–Crippen MR) is 64.8 cm³/mol. The molecular formula is C14H21NO2. The SMILES string of the molecule is OCc1c(C2CCCC2)noc1C1CCCC1. The van der Waals surface area contributed by atoms with E-state index in [1.807, 2.05) is 0 Å². The van der Waals surface area contributed by atoms with E-state index in [0.717, 1.165) is 17.0 Å². The van der Waals surface area contributed by atoms with Crippen molar-refractivity contribution in [3.05, 3.63) is 17.0 Å². The zero-order chi connectivity index (χ0) is 11.7. The minimum atomic E-state index is 0.0984. The maximum absolute atomic E-state index is 9.61. The van der Waals surface area contributed by atoms with Crippen molar-refractivity contribution in [2.75, 3.05) is 0 Å². The Morgan fingerprint density at radius 1 is 1.00 bits per heavy atom. The van der Waals surface area contributed by atoms with E-state index >= 15 is 0 Å². The zero-order valence-corrected chi connectivity index (χ0v) is 10.3. The summed E-state index contributed by atoms with van der Waals surface area (Å²) in [6.07, 6.45) is 9.98. The molecule has 2 aliphatic carbocycles. The number of aliphatic hydroxyl groups excluding tert-OH is 1. The first kappa shape index (κ1) is 11.3. The molecule has 0 aromatic carbocycles. The molecule has 3 heteroatoms. The number of rotatable bonds is 3. The normalized spacial score (nSPS) is 22.6. The van der Waals surface area contributed by atoms with Gasteiger partial charge in [0.05, 0.1) is 12.3 Å². The third kappa shape index (κ3) is 2.01. The van der Waals surface area contributed by atoms with Crippen LogP contribution < -0.4 is 0 Å². The lowest BCUT2D eigenvalue weighted by molar-refractivity contribution is 0.273. The first-order valence-electron chi connectivity index (χ1n) is 6.99. The fraction of sp³-hybridized carbons (Fsp3) is 0.786. The van der Waals surface area contributed by atoms with Crippen molar-refractivity contribution in [3.8, 4) is 0 Å². The van der Waals surface area contributed by atoms with E-state index in [-0.39, 0.29) is 6.61 Å². The summed E-state index contributed by atoms with van der Waals surface area (Å²) >= 11 is 0. The van der Waals surface area contributed by atoms with Crippen LogP contribution in [-0.2, 0) is 6.61 Å². The Bertz CT molecular complexity index is 340. The van der Waals surface area contributed by atoms with E-state index in [1.54, 1.807) is 0 Å². The highest BCUT2D eigenvalue weighted by atomic mass is 16.5. The molecule has 0 bridgehead atoms. The molecular weight excluding hydrogens is 214 g/mol. The Kier molecular flexibility index (Phi) is 3.19. The maximum Gasteiger partial charge on any atom is 0.145 e. The fourth-order valence-electron chi connectivity index (χ4n) is 3.52. The van der Waals surface area contributed by atoms with Gasteiger partial charge < -0.3 is 9.63 Å². The number of hydrogen-bond donors (Lipinski definition) is 1. The molecule has 1 N–H and O–H groups in total. The molecule has 0 radical (unpaired) electrons. The minimum absolute atomic E-state index is 0.0984. The van der Waals surface area contributed by atoms with Crippen LogP contribution in [0.1, 0.15) is 80.2 Å². The average molecular weight is 235 g/mol. The van der Waals surface area contributed by atoms with E-state index < -0.39 is 0 Å². The lowest BCUT2D eigenvalue weighted by atomic mass is 9.94. The molecule has 0 atom stereocenters. The lowest BCUT2D eigenvalue weighted by Crippen LogP contribution is -2.01. The summed E-state index contributed by atoms with van der Waals surface area (Å²) < 4.78 is 5.57. The standard InChI is InChI=1S/C14H21NO2/c16-9-12-13(10-5-1-2-6-10)15-17-14(12)11-7-3-4-8-11/h10-11,16H,1-9H2. The molecule has 2 fully saturated rings. The Labute approximate surface area is 102 Å². The molecule has 2 saturated carbocycles. The second kappa shape index (κ2) is 4.81. The van der Waals surface area contributed by atoms with Crippen LogP contribution in [0.25, 0.3) is 0 Å². The van der Waals surface area contributed by atoms with Gasteiger partial charge in [-0.25, -0.2) is 0 Å². The molecule has 1 aromatic rings. The maximum atomic E-state index is 9.61. The molecule has 0 spiro atoms. The van der Waals surface area contributed by atoms with E-state index in [4.69, 9.17) is 4.52 Å². The van der Waals surface area contributed by atoms with E-state index in [1.165, 1.54) is 51.4 Å². The van der Waals surface area contributed by atoms with Gasteiger partial charge in [0, 0.05) is 17.4 Å². The summed E-state index contributed by atoms with van der Waals surface area (Å²) in [5, 5.41) is 13.9. The molecule has 94 valence electrons. The van der Waals surface area contributed by atoms with Crippen molar-refractivity contribution in [1.82, 2.24) is 5.16 Å². The van der Waals surface area contributed by atoms with Crippen LogP contribution in [0.3, 0.4) is 0 Å². The van der Waals surface area contributed by atoms with Gasteiger partial charge in [-0.1, -0.05) is 30.8 Å². The highest BCUT2D eigenvalue weighted by molar-refractivity contribution is 5.28. The second-order valence-electron chi connectivity index (χ2n) is 5.53. The van der Waals surface area contributed by atoms with E-state index in [9.17, 15) is 5.11 Å². The van der Waals surface area contributed by atoms with Gasteiger partial charge >= 0.3 is 0 Å². The van der Waals surface area contributed by atoms with Crippen LogP contribution in [0.5, 0.6) is 0 Å². The van der Waals surface area contributed by atoms with Crippen LogP contribution in [-0.4, -0.2) is 10.3 Å². The van der Waals surface area contributed by atoms with Crippen molar-refractivity contribution in [2.24, 2.45) is 0 Å². The summed E-state index contributed by atoms with van der Waals surface area (Å²) in [6, 6.07) is 0. The van der Waals surface area contributed by atoms with Crippen molar-refractivity contribution >= 4 is 0 Å². The molecule has 0 unspecified atom stereocenters. The minimum Gasteiger partial charge on any atom is -0.391 e. The molecule has 0 amide bonds. The number of aromatic nitrogens is 1. The van der Waals surface area contributed by atoms with Gasteiger partial charge in [0.25, 0.3) is 0 Å². The highest BCUT2D eigenvalue weighted by Gasteiger charge is 2.30. The summed E-state index contributed by atoms with van der Waals surface area (Å²) in [7, 11) is 0. The summed E-state index contributed by atoms with van der Waals surface area (Å²) in [6.45, 7) is 0.0984. The summed E-state index contributed by atoms with van der Waals surface area (Å²) in [4.78, 5) is 0. The van der Waals surface area contributed by atoms with Gasteiger partial charge in [0.1, 0.15) is 5.76 Å². The van der Waals surface area contributed by atoms with Gasteiger partial charge in [-0.2, -0.15) is 0 Å². The molecule has 0 aliphatic heterocycles. The molecule has 17 heavy (non-hydrogen) atoms. The Balaban J connectivity index is 1.88. The summed E-state index contributed by atoms with van der Waals surface area (Å²) in [5.41, 5.74) is 2.08. The smallest absolute Gasteiger partial charge is 0.145 e. The molecule has 0 saturated heterocycles. The van der Waals surface area contributed by atoms with Crippen molar-refractivity contribution in [1.29, 1.82) is 0 Å². The first-order chi connectivity index (χ1) is 8.40. The number of nitrogens with zero attached hydrogens (tertiary/aromatic N) is 1. The van der Waals surface area contributed by atoms with Crippen LogP contribution in [0.15, 0.2) is 4.52 Å². The van der Waals surface area contributed by atoms with Crippen LogP contribution in [0, 0.1) is 0 Å². The monoisotopic (exact) mass is 235 g/mol. The molecule has 3 nitrogen and oxygen atoms in total.